The predicted octanol–water partition coefficient (Wildman–Crippen LogP) is 2.44. The summed E-state index contributed by atoms with van der Waals surface area (Å²) in [5.41, 5.74) is 0.254. The molecule has 0 spiro atoms. The summed E-state index contributed by atoms with van der Waals surface area (Å²) in [6.45, 7) is 0.183. The first-order chi connectivity index (χ1) is 8.61. The fourth-order valence-electron chi connectivity index (χ4n) is 1.35. The number of hydrogen-bond donors (Lipinski definition) is 0. The Hall–Kier alpha value is -1.99. The molecule has 0 radical (unpaired) electrons. The van der Waals surface area contributed by atoms with Gasteiger partial charge in [0.05, 0.1) is 4.92 Å². The molecular formula is C10H8ClN3O4. The molecule has 0 atom stereocenters. The summed E-state index contributed by atoms with van der Waals surface area (Å²) in [4.78, 5) is 14.2. The second-order valence-corrected chi connectivity index (χ2v) is 3.78. The standard InChI is InChI=1S/C10H8ClN3O4/c1-17-5-9-12-10(13-18-9)6-2-3-7(11)8(4-6)14(15)16/h2-4H,5H2,1H3. The molecule has 2 aromatic rings. The van der Waals surface area contributed by atoms with E-state index >= 15 is 0 Å². The molecule has 0 N–H and O–H groups in total. The summed E-state index contributed by atoms with van der Waals surface area (Å²) in [6, 6.07) is 4.29. The molecule has 0 amide bonds. The molecule has 0 fully saturated rings. The average molecular weight is 270 g/mol. The third kappa shape index (κ3) is 2.47. The van der Waals surface area contributed by atoms with Crippen LogP contribution in [0.1, 0.15) is 5.89 Å². The van der Waals surface area contributed by atoms with Crippen molar-refractivity contribution in [2.24, 2.45) is 0 Å². The molecule has 0 aliphatic heterocycles. The van der Waals surface area contributed by atoms with Crippen molar-refractivity contribution < 1.29 is 14.2 Å². The van der Waals surface area contributed by atoms with Gasteiger partial charge in [-0.2, -0.15) is 4.98 Å². The van der Waals surface area contributed by atoms with E-state index in [4.69, 9.17) is 20.9 Å². The van der Waals surface area contributed by atoms with Gasteiger partial charge in [-0.1, -0.05) is 16.8 Å². The summed E-state index contributed by atoms with van der Waals surface area (Å²) < 4.78 is 9.73. The molecule has 0 unspecified atom stereocenters. The first kappa shape index (κ1) is 12.5. The topological polar surface area (TPSA) is 91.3 Å². The van der Waals surface area contributed by atoms with Crippen LogP contribution in [0.4, 0.5) is 5.69 Å². The van der Waals surface area contributed by atoms with Crippen molar-refractivity contribution in [3.05, 3.63) is 39.2 Å². The molecule has 2 rings (SSSR count). The predicted molar refractivity (Wildman–Crippen MR) is 62.1 cm³/mol. The van der Waals surface area contributed by atoms with Crippen LogP contribution in [-0.4, -0.2) is 22.2 Å². The normalized spacial score (nSPS) is 10.6. The van der Waals surface area contributed by atoms with E-state index in [9.17, 15) is 10.1 Å². The van der Waals surface area contributed by atoms with E-state index < -0.39 is 4.92 Å². The minimum atomic E-state index is -0.567. The Labute approximate surface area is 106 Å². The van der Waals surface area contributed by atoms with Gasteiger partial charge >= 0.3 is 0 Å². The van der Waals surface area contributed by atoms with E-state index in [0.717, 1.165) is 0 Å². The highest BCUT2D eigenvalue weighted by Gasteiger charge is 2.16. The number of methoxy groups -OCH3 is 1. The average Bonchev–Trinajstić information content (AvgIpc) is 2.78. The van der Waals surface area contributed by atoms with Gasteiger partial charge < -0.3 is 9.26 Å². The van der Waals surface area contributed by atoms with Crippen LogP contribution in [-0.2, 0) is 11.3 Å². The maximum absolute atomic E-state index is 10.7. The van der Waals surface area contributed by atoms with Crippen molar-refractivity contribution in [2.45, 2.75) is 6.61 Å². The summed E-state index contributed by atoms with van der Waals surface area (Å²) >= 11 is 5.71. The maximum atomic E-state index is 10.7. The number of hydrogen-bond acceptors (Lipinski definition) is 6. The highest BCUT2D eigenvalue weighted by atomic mass is 35.5. The first-order valence-corrected chi connectivity index (χ1v) is 5.25. The van der Waals surface area contributed by atoms with Crippen molar-refractivity contribution >= 4 is 17.3 Å². The lowest BCUT2D eigenvalue weighted by atomic mass is 10.2. The number of benzene rings is 1. The summed E-state index contributed by atoms with van der Waals surface area (Å²) in [6.07, 6.45) is 0. The molecule has 0 aliphatic rings. The van der Waals surface area contributed by atoms with Crippen molar-refractivity contribution in [1.82, 2.24) is 10.1 Å². The fraction of sp³-hybridized carbons (Fsp3) is 0.200. The van der Waals surface area contributed by atoms with E-state index in [2.05, 4.69) is 10.1 Å². The summed E-state index contributed by atoms with van der Waals surface area (Å²) in [7, 11) is 1.50. The van der Waals surface area contributed by atoms with Crippen LogP contribution in [0.15, 0.2) is 22.7 Å². The third-order valence-corrected chi connectivity index (χ3v) is 2.46. The molecule has 94 valence electrons. The Morgan fingerprint density at radius 2 is 2.33 bits per heavy atom. The summed E-state index contributed by atoms with van der Waals surface area (Å²) in [5, 5.41) is 14.5. The zero-order valence-corrected chi connectivity index (χ0v) is 10.0. The number of rotatable bonds is 4. The van der Waals surface area contributed by atoms with Gasteiger partial charge in [0, 0.05) is 18.7 Å². The van der Waals surface area contributed by atoms with Gasteiger partial charge in [0.2, 0.25) is 5.82 Å². The second-order valence-electron chi connectivity index (χ2n) is 3.37. The SMILES string of the molecule is COCc1nc(-c2ccc(Cl)c([N+](=O)[O-])c2)no1. The van der Waals surface area contributed by atoms with Crippen molar-refractivity contribution in [3.8, 4) is 11.4 Å². The van der Waals surface area contributed by atoms with Gasteiger partial charge in [0.15, 0.2) is 0 Å². The molecule has 0 aliphatic carbocycles. The van der Waals surface area contributed by atoms with Crippen LogP contribution in [0.2, 0.25) is 5.02 Å². The van der Waals surface area contributed by atoms with Crippen molar-refractivity contribution in [1.29, 1.82) is 0 Å². The number of ether oxygens (including phenoxy) is 1. The van der Waals surface area contributed by atoms with E-state index in [-0.39, 0.29) is 23.1 Å². The zero-order valence-electron chi connectivity index (χ0n) is 9.29. The smallest absolute Gasteiger partial charge is 0.288 e. The molecule has 1 aromatic heterocycles. The van der Waals surface area contributed by atoms with E-state index in [0.29, 0.717) is 11.5 Å². The first-order valence-electron chi connectivity index (χ1n) is 4.87. The van der Waals surface area contributed by atoms with E-state index in [1.54, 1.807) is 6.07 Å². The summed E-state index contributed by atoms with van der Waals surface area (Å²) in [5.74, 6) is 0.548. The van der Waals surface area contributed by atoms with Crippen LogP contribution < -0.4 is 0 Å². The van der Waals surface area contributed by atoms with Gasteiger partial charge in [-0.3, -0.25) is 10.1 Å². The number of nitrogens with zero attached hydrogens (tertiary/aromatic N) is 3. The van der Waals surface area contributed by atoms with E-state index in [1.807, 2.05) is 0 Å². The molecule has 7 nitrogen and oxygen atoms in total. The maximum Gasteiger partial charge on any atom is 0.288 e. The van der Waals surface area contributed by atoms with Crippen molar-refractivity contribution in [3.63, 3.8) is 0 Å². The van der Waals surface area contributed by atoms with Gasteiger partial charge in [0.25, 0.3) is 11.6 Å². The molecule has 18 heavy (non-hydrogen) atoms. The van der Waals surface area contributed by atoms with Gasteiger partial charge in [0.1, 0.15) is 11.6 Å². The van der Waals surface area contributed by atoms with Crippen LogP contribution in [0.25, 0.3) is 11.4 Å². The molecular weight excluding hydrogens is 262 g/mol. The minimum Gasteiger partial charge on any atom is -0.375 e. The Morgan fingerprint density at radius 1 is 1.56 bits per heavy atom. The number of aromatic nitrogens is 2. The Bertz CT molecular complexity index is 584. The molecule has 8 heteroatoms. The van der Waals surface area contributed by atoms with E-state index in [1.165, 1.54) is 19.2 Å². The Kier molecular flexibility index (Phi) is 3.54. The second kappa shape index (κ2) is 5.11. The van der Waals surface area contributed by atoms with Gasteiger partial charge in [-0.15, -0.1) is 0 Å². The van der Waals surface area contributed by atoms with Crippen LogP contribution in [0, 0.1) is 10.1 Å². The van der Waals surface area contributed by atoms with Crippen LogP contribution in [0.5, 0.6) is 0 Å². The number of nitro benzene ring substituents is 1. The molecule has 1 heterocycles. The lowest BCUT2D eigenvalue weighted by molar-refractivity contribution is -0.384. The molecule has 0 saturated heterocycles. The minimum absolute atomic E-state index is 0.0596. The third-order valence-electron chi connectivity index (χ3n) is 2.14. The van der Waals surface area contributed by atoms with Crippen LogP contribution >= 0.6 is 11.6 Å². The lowest BCUT2D eigenvalue weighted by Crippen LogP contribution is -1.91. The number of halogens is 1. The molecule has 0 saturated carbocycles. The Balaban J connectivity index is 2.38. The quantitative estimate of drug-likeness (QED) is 0.625. The highest BCUT2D eigenvalue weighted by molar-refractivity contribution is 6.32. The van der Waals surface area contributed by atoms with Crippen molar-refractivity contribution in [2.75, 3.05) is 7.11 Å². The van der Waals surface area contributed by atoms with Crippen LogP contribution in [0.3, 0.4) is 0 Å². The largest absolute Gasteiger partial charge is 0.375 e. The molecule has 1 aromatic carbocycles. The zero-order chi connectivity index (χ0) is 13.1. The Morgan fingerprint density at radius 3 is 3.00 bits per heavy atom. The fourth-order valence-corrected chi connectivity index (χ4v) is 1.53. The molecule has 0 bridgehead atoms. The highest BCUT2D eigenvalue weighted by Crippen LogP contribution is 2.28. The van der Waals surface area contributed by atoms with Gasteiger partial charge in [-0.05, 0) is 12.1 Å². The number of nitro groups is 1. The monoisotopic (exact) mass is 269 g/mol. The lowest BCUT2D eigenvalue weighted by Gasteiger charge is -1.97. The van der Waals surface area contributed by atoms with Gasteiger partial charge in [-0.25, -0.2) is 0 Å².